The molecule has 0 bridgehead atoms. The van der Waals surface area contributed by atoms with Crippen molar-refractivity contribution in [2.45, 2.75) is 19.3 Å². The van der Waals surface area contributed by atoms with Crippen molar-refractivity contribution in [3.63, 3.8) is 0 Å². The summed E-state index contributed by atoms with van der Waals surface area (Å²) in [7, 11) is 0. The van der Waals surface area contributed by atoms with Gasteiger partial charge < -0.3 is 10.4 Å². The minimum Gasteiger partial charge on any atom is -0.508 e. The maximum atomic E-state index is 9.35. The van der Waals surface area contributed by atoms with Gasteiger partial charge in [-0.25, -0.2) is 0 Å². The lowest BCUT2D eigenvalue weighted by atomic mass is 9.95. The Hall–Kier alpha value is -1.02. The second kappa shape index (κ2) is 3.38. The van der Waals surface area contributed by atoms with Gasteiger partial charge in [0, 0.05) is 6.54 Å². The topological polar surface area (TPSA) is 32.3 Å². The normalized spacial score (nSPS) is 22.1. The van der Waals surface area contributed by atoms with Crippen LogP contribution >= 0.6 is 0 Å². The Morgan fingerprint density at radius 1 is 1.46 bits per heavy atom. The minimum atomic E-state index is 0.382. The van der Waals surface area contributed by atoms with Crippen molar-refractivity contribution >= 4 is 0 Å². The number of fused-ring (bicyclic) bond motifs is 1. The van der Waals surface area contributed by atoms with Crippen molar-refractivity contribution in [1.82, 2.24) is 5.32 Å². The summed E-state index contributed by atoms with van der Waals surface area (Å²) in [5.74, 6) is 0.936. The number of nitrogens with one attached hydrogen (secondary N) is 1. The van der Waals surface area contributed by atoms with Gasteiger partial charge in [0.1, 0.15) is 5.75 Å². The molecule has 2 N–H and O–H groups in total. The van der Waals surface area contributed by atoms with E-state index in [9.17, 15) is 5.11 Å². The summed E-state index contributed by atoms with van der Waals surface area (Å²) in [6.45, 7) is 4.27. The van der Waals surface area contributed by atoms with Crippen LogP contribution in [0.1, 0.15) is 24.0 Å². The Labute approximate surface area is 78.6 Å². The molecule has 0 radical (unpaired) electrons. The molecular formula is C11H15NO. The highest BCUT2D eigenvalue weighted by atomic mass is 16.3. The van der Waals surface area contributed by atoms with E-state index in [2.05, 4.69) is 12.2 Å². The van der Waals surface area contributed by atoms with E-state index in [-0.39, 0.29) is 0 Å². The van der Waals surface area contributed by atoms with E-state index in [0.717, 1.165) is 19.5 Å². The third kappa shape index (κ3) is 1.68. The second-order valence-corrected chi connectivity index (χ2v) is 3.74. The molecule has 1 atom stereocenters. The van der Waals surface area contributed by atoms with E-state index in [4.69, 9.17) is 0 Å². The number of benzene rings is 1. The van der Waals surface area contributed by atoms with Gasteiger partial charge in [0.05, 0.1) is 0 Å². The van der Waals surface area contributed by atoms with Crippen LogP contribution in [0, 0.1) is 0 Å². The van der Waals surface area contributed by atoms with Gasteiger partial charge in [-0.05, 0) is 42.1 Å². The van der Waals surface area contributed by atoms with Crippen molar-refractivity contribution in [3.05, 3.63) is 29.3 Å². The lowest BCUT2D eigenvalue weighted by Crippen LogP contribution is -2.18. The molecule has 1 aliphatic rings. The number of aromatic hydroxyl groups is 1. The Bertz CT molecular complexity index is 309. The first kappa shape index (κ1) is 8.57. The fourth-order valence-corrected chi connectivity index (χ4v) is 1.94. The molecule has 1 aliphatic heterocycles. The average molecular weight is 177 g/mol. The van der Waals surface area contributed by atoms with E-state index >= 15 is 0 Å². The molecule has 2 heteroatoms. The third-order valence-corrected chi connectivity index (χ3v) is 2.68. The standard InChI is InChI=1S/C11H15NO/c1-8-7-12-5-4-9-6-10(13)2-3-11(8)9/h2-3,6,8,12-13H,4-5,7H2,1H3. The van der Waals surface area contributed by atoms with Crippen molar-refractivity contribution < 1.29 is 5.11 Å². The zero-order chi connectivity index (χ0) is 9.26. The van der Waals surface area contributed by atoms with Gasteiger partial charge in [0.15, 0.2) is 0 Å². The summed E-state index contributed by atoms with van der Waals surface area (Å²) in [5, 5.41) is 12.7. The van der Waals surface area contributed by atoms with Gasteiger partial charge in [-0.1, -0.05) is 13.0 Å². The van der Waals surface area contributed by atoms with Crippen molar-refractivity contribution in [3.8, 4) is 5.75 Å². The number of hydrogen-bond donors (Lipinski definition) is 2. The van der Waals surface area contributed by atoms with Crippen LogP contribution in [0.4, 0.5) is 0 Å². The number of hydrogen-bond acceptors (Lipinski definition) is 2. The largest absolute Gasteiger partial charge is 0.508 e. The van der Waals surface area contributed by atoms with Crippen LogP contribution in [0.3, 0.4) is 0 Å². The SMILES string of the molecule is CC1CNCCc2cc(O)ccc21. The Balaban J connectivity index is 2.42. The quantitative estimate of drug-likeness (QED) is 0.631. The van der Waals surface area contributed by atoms with E-state index < -0.39 is 0 Å². The predicted octanol–water partition coefficient (Wildman–Crippen LogP) is 1.64. The highest BCUT2D eigenvalue weighted by Gasteiger charge is 2.13. The van der Waals surface area contributed by atoms with E-state index in [1.54, 1.807) is 6.07 Å². The van der Waals surface area contributed by atoms with Crippen molar-refractivity contribution in [2.75, 3.05) is 13.1 Å². The molecule has 2 rings (SSSR count). The minimum absolute atomic E-state index is 0.382. The Morgan fingerprint density at radius 2 is 2.31 bits per heavy atom. The summed E-state index contributed by atoms with van der Waals surface area (Å²) in [4.78, 5) is 0. The molecule has 1 unspecified atom stereocenters. The first-order valence-corrected chi connectivity index (χ1v) is 4.80. The Morgan fingerprint density at radius 3 is 3.15 bits per heavy atom. The van der Waals surface area contributed by atoms with Crippen molar-refractivity contribution in [2.24, 2.45) is 0 Å². The highest BCUT2D eigenvalue weighted by Crippen LogP contribution is 2.25. The number of phenolic OH excluding ortho intramolecular Hbond substituents is 1. The molecule has 13 heavy (non-hydrogen) atoms. The summed E-state index contributed by atoms with van der Waals surface area (Å²) in [5.41, 5.74) is 2.67. The van der Waals surface area contributed by atoms with Gasteiger partial charge in [-0.15, -0.1) is 0 Å². The van der Waals surface area contributed by atoms with Crippen molar-refractivity contribution in [1.29, 1.82) is 0 Å². The summed E-state index contributed by atoms with van der Waals surface area (Å²) in [6.07, 6.45) is 1.02. The highest BCUT2D eigenvalue weighted by molar-refractivity contribution is 5.37. The first-order valence-electron chi connectivity index (χ1n) is 4.80. The van der Waals surface area contributed by atoms with Crippen LogP contribution in [0.15, 0.2) is 18.2 Å². The van der Waals surface area contributed by atoms with Crippen LogP contribution in [-0.2, 0) is 6.42 Å². The first-order chi connectivity index (χ1) is 6.27. The lowest BCUT2D eigenvalue weighted by molar-refractivity contribution is 0.474. The van der Waals surface area contributed by atoms with Crippen LogP contribution < -0.4 is 5.32 Å². The smallest absolute Gasteiger partial charge is 0.115 e. The summed E-state index contributed by atoms with van der Waals surface area (Å²) in [6, 6.07) is 5.71. The third-order valence-electron chi connectivity index (χ3n) is 2.68. The zero-order valence-corrected chi connectivity index (χ0v) is 7.88. The molecule has 0 saturated carbocycles. The fraction of sp³-hybridized carbons (Fsp3) is 0.455. The van der Waals surface area contributed by atoms with E-state index in [0.29, 0.717) is 11.7 Å². The molecule has 0 saturated heterocycles. The fourth-order valence-electron chi connectivity index (χ4n) is 1.94. The molecular weight excluding hydrogens is 162 g/mol. The predicted molar refractivity (Wildman–Crippen MR) is 53.1 cm³/mol. The van der Waals surface area contributed by atoms with Gasteiger partial charge in [-0.2, -0.15) is 0 Å². The summed E-state index contributed by atoms with van der Waals surface area (Å²) < 4.78 is 0. The van der Waals surface area contributed by atoms with Crippen LogP contribution in [0.2, 0.25) is 0 Å². The van der Waals surface area contributed by atoms with E-state index in [1.165, 1.54) is 11.1 Å². The second-order valence-electron chi connectivity index (χ2n) is 3.74. The zero-order valence-electron chi connectivity index (χ0n) is 7.88. The number of phenols is 1. The molecule has 0 fully saturated rings. The average Bonchev–Trinajstić information content (AvgIpc) is 2.28. The van der Waals surface area contributed by atoms with E-state index in [1.807, 2.05) is 12.1 Å². The van der Waals surface area contributed by atoms with Gasteiger partial charge in [0.25, 0.3) is 0 Å². The van der Waals surface area contributed by atoms with Crippen LogP contribution in [0.25, 0.3) is 0 Å². The summed E-state index contributed by atoms with van der Waals surface area (Å²) >= 11 is 0. The number of rotatable bonds is 0. The molecule has 1 heterocycles. The van der Waals surface area contributed by atoms with Crippen LogP contribution in [0.5, 0.6) is 5.75 Å². The molecule has 0 aromatic heterocycles. The van der Waals surface area contributed by atoms with Gasteiger partial charge in [0.2, 0.25) is 0 Å². The maximum Gasteiger partial charge on any atom is 0.115 e. The maximum absolute atomic E-state index is 9.35. The monoisotopic (exact) mass is 177 g/mol. The Kier molecular flexibility index (Phi) is 2.23. The van der Waals surface area contributed by atoms with Gasteiger partial charge >= 0.3 is 0 Å². The van der Waals surface area contributed by atoms with Gasteiger partial charge in [-0.3, -0.25) is 0 Å². The molecule has 0 amide bonds. The lowest BCUT2D eigenvalue weighted by Gasteiger charge is -2.11. The molecule has 1 aromatic carbocycles. The molecule has 0 spiro atoms. The van der Waals surface area contributed by atoms with Crippen LogP contribution in [-0.4, -0.2) is 18.2 Å². The molecule has 2 nitrogen and oxygen atoms in total. The molecule has 1 aromatic rings. The molecule has 70 valence electrons. The molecule has 0 aliphatic carbocycles.